The molecule has 1 unspecified atom stereocenters. The lowest BCUT2D eigenvalue weighted by Gasteiger charge is -2.21. The largest absolute Gasteiger partial charge is 0.530 e. The molecule has 0 fully saturated rings. The van der Waals surface area contributed by atoms with Crippen LogP contribution in [0.1, 0.15) is 11.3 Å². The third kappa shape index (κ3) is 3.65. The third-order valence-corrected chi connectivity index (χ3v) is 5.20. The Labute approximate surface area is 158 Å². The first-order valence-electron chi connectivity index (χ1n) is 7.92. The number of hydrogen-bond donors (Lipinski definition) is 1. The highest BCUT2D eigenvalue weighted by Crippen LogP contribution is 2.55. The van der Waals surface area contributed by atoms with Crippen molar-refractivity contribution < 1.29 is 35.7 Å². The van der Waals surface area contributed by atoms with Crippen molar-refractivity contribution in [1.82, 2.24) is 9.55 Å². The number of benzene rings is 1. The maximum atomic E-state index is 13.7. The molecule has 1 aromatic carbocycles. The summed E-state index contributed by atoms with van der Waals surface area (Å²) in [6.07, 6.45) is 0.601. The van der Waals surface area contributed by atoms with Crippen molar-refractivity contribution in [3.8, 4) is 11.6 Å². The summed E-state index contributed by atoms with van der Waals surface area (Å²) in [6.45, 7) is -1.16. The molecular formula is C16H10F3N2O7P. The second-order valence-electron chi connectivity index (χ2n) is 5.76. The number of H-pyrrole nitrogens is 1. The van der Waals surface area contributed by atoms with Crippen molar-refractivity contribution in [1.29, 1.82) is 0 Å². The van der Waals surface area contributed by atoms with Crippen molar-refractivity contribution >= 4 is 7.82 Å². The van der Waals surface area contributed by atoms with Crippen molar-refractivity contribution in [2.45, 2.75) is 13.2 Å². The molecule has 0 bridgehead atoms. The van der Waals surface area contributed by atoms with Crippen molar-refractivity contribution in [2.24, 2.45) is 0 Å². The zero-order chi connectivity index (χ0) is 20.8. The zero-order valence-corrected chi connectivity index (χ0v) is 15.1. The van der Waals surface area contributed by atoms with Crippen LogP contribution in [0.4, 0.5) is 13.2 Å². The summed E-state index contributed by atoms with van der Waals surface area (Å²) in [7, 11) is -4.27. The highest BCUT2D eigenvalue weighted by molar-refractivity contribution is 7.49. The second-order valence-corrected chi connectivity index (χ2v) is 7.36. The van der Waals surface area contributed by atoms with Gasteiger partial charge in [-0.2, -0.15) is 4.39 Å². The summed E-state index contributed by atoms with van der Waals surface area (Å²) in [5, 5.41) is 0. The first-order chi connectivity index (χ1) is 13.8. The average Bonchev–Trinajstić information content (AvgIpc) is 3.06. The molecule has 1 N–H and O–H groups in total. The minimum Gasteiger partial charge on any atom is -0.438 e. The number of furan rings is 1. The number of nitrogens with zero attached hydrogens (tertiary/aromatic N) is 1. The van der Waals surface area contributed by atoms with E-state index < -0.39 is 55.3 Å². The number of halogens is 3. The zero-order valence-electron chi connectivity index (χ0n) is 14.2. The average molecular weight is 430 g/mol. The summed E-state index contributed by atoms with van der Waals surface area (Å²) in [6, 6.07) is 4.26. The predicted molar refractivity (Wildman–Crippen MR) is 89.1 cm³/mol. The maximum Gasteiger partial charge on any atom is 0.530 e. The van der Waals surface area contributed by atoms with E-state index in [2.05, 4.69) is 0 Å². The molecule has 0 aliphatic carbocycles. The summed E-state index contributed by atoms with van der Waals surface area (Å²) in [5.74, 6) is -3.46. The van der Waals surface area contributed by atoms with Crippen LogP contribution in [0.25, 0.3) is 5.88 Å². The second kappa shape index (κ2) is 7.07. The molecule has 152 valence electrons. The maximum absolute atomic E-state index is 13.7. The SMILES string of the molecule is O=c1[nH]c(=O)n(-c2cc3c(o2)COP(=O)(OCc2c(F)cccc2F)O3)cc1F. The van der Waals surface area contributed by atoms with Crippen LogP contribution in [-0.4, -0.2) is 9.55 Å². The van der Waals surface area contributed by atoms with E-state index in [9.17, 15) is 27.3 Å². The Balaban J connectivity index is 1.58. The van der Waals surface area contributed by atoms with Crippen molar-refractivity contribution in [2.75, 3.05) is 0 Å². The lowest BCUT2D eigenvalue weighted by molar-refractivity contribution is 0.116. The predicted octanol–water partition coefficient (Wildman–Crippen LogP) is 2.77. The smallest absolute Gasteiger partial charge is 0.438 e. The molecule has 0 spiro atoms. The fraction of sp³-hybridized carbons (Fsp3) is 0.125. The highest BCUT2D eigenvalue weighted by Gasteiger charge is 2.37. The quantitative estimate of drug-likeness (QED) is 0.634. The van der Waals surface area contributed by atoms with E-state index in [1.54, 1.807) is 4.98 Å². The van der Waals surface area contributed by atoms with Gasteiger partial charge in [0, 0.05) is 11.6 Å². The van der Waals surface area contributed by atoms with Crippen LogP contribution in [0.2, 0.25) is 0 Å². The van der Waals surface area contributed by atoms with Gasteiger partial charge in [0.1, 0.15) is 18.2 Å². The van der Waals surface area contributed by atoms with Crippen molar-refractivity contribution in [3.63, 3.8) is 0 Å². The number of phosphoric ester groups is 1. The minimum atomic E-state index is -4.27. The van der Waals surface area contributed by atoms with Gasteiger partial charge in [0.2, 0.25) is 11.7 Å². The number of hydrogen-bond acceptors (Lipinski definition) is 7. The topological polar surface area (TPSA) is 113 Å². The molecule has 2 aromatic heterocycles. The Morgan fingerprint density at radius 3 is 2.62 bits per heavy atom. The molecule has 1 atom stereocenters. The first-order valence-corrected chi connectivity index (χ1v) is 9.38. The van der Waals surface area contributed by atoms with Gasteiger partial charge in [0.05, 0.1) is 12.8 Å². The van der Waals surface area contributed by atoms with E-state index in [4.69, 9.17) is 18.0 Å². The van der Waals surface area contributed by atoms with E-state index >= 15 is 0 Å². The minimum absolute atomic E-state index is 0.00865. The standard InChI is InChI=1S/C16H10F3N2O7P/c17-9-2-1-3-10(18)8(9)6-25-29(24)26-7-13-12(28-29)4-14(27-13)21-5-11(19)15(22)20-16(21)23/h1-5H,6-7H2,(H,20,22,23). The molecule has 0 radical (unpaired) electrons. The molecule has 0 saturated carbocycles. The van der Waals surface area contributed by atoms with Crippen LogP contribution in [-0.2, 0) is 26.8 Å². The Morgan fingerprint density at radius 1 is 1.17 bits per heavy atom. The van der Waals surface area contributed by atoms with Gasteiger partial charge in [-0.15, -0.1) is 0 Å². The number of phosphoric acid groups is 1. The Hall–Kier alpha value is -3.08. The molecule has 3 aromatic rings. The summed E-state index contributed by atoms with van der Waals surface area (Å²) in [4.78, 5) is 24.7. The van der Waals surface area contributed by atoms with Gasteiger partial charge in [0.25, 0.3) is 5.56 Å². The van der Waals surface area contributed by atoms with E-state index in [-0.39, 0.29) is 17.4 Å². The van der Waals surface area contributed by atoms with E-state index in [1.807, 2.05) is 0 Å². The third-order valence-electron chi connectivity index (χ3n) is 3.89. The van der Waals surface area contributed by atoms with Gasteiger partial charge in [-0.25, -0.2) is 22.7 Å². The Bertz CT molecular complexity index is 1250. The number of aromatic nitrogens is 2. The summed E-state index contributed by atoms with van der Waals surface area (Å²) < 4.78 is 74.3. The van der Waals surface area contributed by atoms with Crippen LogP contribution in [0.5, 0.6) is 5.75 Å². The summed E-state index contributed by atoms with van der Waals surface area (Å²) >= 11 is 0. The molecule has 29 heavy (non-hydrogen) atoms. The van der Waals surface area contributed by atoms with Gasteiger partial charge in [0.15, 0.2) is 11.5 Å². The Morgan fingerprint density at radius 2 is 1.90 bits per heavy atom. The molecule has 1 aliphatic rings. The molecular weight excluding hydrogens is 420 g/mol. The van der Waals surface area contributed by atoms with Gasteiger partial charge in [-0.3, -0.25) is 18.8 Å². The van der Waals surface area contributed by atoms with Crippen LogP contribution in [0.3, 0.4) is 0 Å². The molecule has 9 nitrogen and oxygen atoms in total. The van der Waals surface area contributed by atoms with E-state index in [1.165, 1.54) is 0 Å². The Kier molecular flexibility index (Phi) is 4.69. The van der Waals surface area contributed by atoms with Crippen molar-refractivity contribution in [3.05, 3.63) is 80.1 Å². The fourth-order valence-electron chi connectivity index (χ4n) is 2.47. The highest BCUT2D eigenvalue weighted by atomic mass is 31.2. The van der Waals surface area contributed by atoms with Gasteiger partial charge in [-0.1, -0.05) is 6.07 Å². The monoisotopic (exact) mass is 430 g/mol. The summed E-state index contributed by atoms with van der Waals surface area (Å²) in [5.41, 5.74) is -2.66. The molecule has 3 heterocycles. The molecule has 0 amide bonds. The van der Waals surface area contributed by atoms with Crippen LogP contribution in [0, 0.1) is 17.5 Å². The fourth-order valence-corrected chi connectivity index (χ4v) is 3.61. The molecule has 0 saturated heterocycles. The number of aromatic amines is 1. The molecule has 1 aliphatic heterocycles. The van der Waals surface area contributed by atoms with Crippen LogP contribution >= 0.6 is 7.82 Å². The lowest BCUT2D eigenvalue weighted by Crippen LogP contribution is -2.30. The van der Waals surface area contributed by atoms with E-state index in [0.29, 0.717) is 10.8 Å². The van der Waals surface area contributed by atoms with Crippen LogP contribution < -0.4 is 15.8 Å². The molecule has 4 rings (SSSR count). The van der Waals surface area contributed by atoms with Gasteiger partial charge < -0.3 is 8.94 Å². The molecule has 13 heteroatoms. The normalized spacial score (nSPS) is 18.3. The first kappa shape index (κ1) is 19.2. The number of rotatable bonds is 4. The van der Waals surface area contributed by atoms with Gasteiger partial charge in [-0.05, 0) is 12.1 Å². The number of nitrogens with one attached hydrogen (secondary N) is 1. The van der Waals surface area contributed by atoms with E-state index in [0.717, 1.165) is 24.3 Å². The number of fused-ring (bicyclic) bond motifs is 1. The van der Waals surface area contributed by atoms with Crippen LogP contribution in [0.15, 0.2) is 44.5 Å². The lowest BCUT2D eigenvalue weighted by atomic mass is 10.2. The van der Waals surface area contributed by atoms with Gasteiger partial charge >= 0.3 is 13.5 Å².